The highest BCUT2D eigenvalue weighted by Crippen LogP contribution is 2.11. The maximum Gasteiger partial charge on any atom is 0.131 e. The molecular formula is C12H22N4OS. The van der Waals surface area contributed by atoms with Crippen molar-refractivity contribution in [2.75, 3.05) is 35.7 Å². The third kappa shape index (κ3) is 5.95. The Kier molecular flexibility index (Phi) is 6.64. The van der Waals surface area contributed by atoms with Crippen molar-refractivity contribution < 1.29 is 4.21 Å². The van der Waals surface area contributed by atoms with Crippen LogP contribution < -0.4 is 10.6 Å². The van der Waals surface area contributed by atoms with Crippen molar-refractivity contribution in [1.82, 2.24) is 9.97 Å². The molecular weight excluding hydrogens is 248 g/mol. The fraction of sp³-hybridized carbons (Fsp3) is 0.667. The molecule has 6 heteroatoms. The molecule has 5 nitrogen and oxygen atoms in total. The normalized spacial score (nSPS) is 12.2. The van der Waals surface area contributed by atoms with E-state index in [1.807, 2.05) is 13.0 Å². The van der Waals surface area contributed by atoms with Crippen LogP contribution in [0.2, 0.25) is 0 Å². The van der Waals surface area contributed by atoms with Gasteiger partial charge in [-0.15, -0.1) is 0 Å². The van der Waals surface area contributed by atoms with Crippen molar-refractivity contribution in [3.05, 3.63) is 11.9 Å². The first-order valence-electron chi connectivity index (χ1n) is 6.25. The number of hydrogen-bond donors (Lipinski definition) is 2. The van der Waals surface area contributed by atoms with Gasteiger partial charge in [0.15, 0.2) is 0 Å². The zero-order valence-corrected chi connectivity index (χ0v) is 12.1. The van der Waals surface area contributed by atoms with Gasteiger partial charge in [0.2, 0.25) is 0 Å². The molecule has 1 atom stereocenters. The Morgan fingerprint density at radius 1 is 1.22 bits per heavy atom. The van der Waals surface area contributed by atoms with Crippen molar-refractivity contribution in [3.8, 4) is 0 Å². The lowest BCUT2D eigenvalue weighted by atomic mass is 10.4. The SMILES string of the molecule is CCCNc1cc(NCCCS(C)=O)nc(C)n1. The summed E-state index contributed by atoms with van der Waals surface area (Å²) >= 11 is 0. The van der Waals surface area contributed by atoms with Gasteiger partial charge < -0.3 is 10.6 Å². The second-order valence-corrected chi connectivity index (χ2v) is 5.72. The molecule has 0 aliphatic heterocycles. The molecule has 0 aliphatic rings. The predicted octanol–water partition coefficient (Wildman–Crippen LogP) is 1.79. The molecule has 1 aromatic rings. The van der Waals surface area contributed by atoms with Gasteiger partial charge in [0.1, 0.15) is 17.5 Å². The monoisotopic (exact) mass is 270 g/mol. The molecule has 1 aromatic heterocycles. The van der Waals surface area contributed by atoms with Gasteiger partial charge in [0.25, 0.3) is 0 Å². The zero-order chi connectivity index (χ0) is 13.4. The highest BCUT2D eigenvalue weighted by molar-refractivity contribution is 7.84. The first kappa shape index (κ1) is 14.9. The Morgan fingerprint density at radius 2 is 1.83 bits per heavy atom. The lowest BCUT2D eigenvalue weighted by Gasteiger charge is -2.09. The molecule has 1 unspecified atom stereocenters. The van der Waals surface area contributed by atoms with Crippen LogP contribution in [0.1, 0.15) is 25.6 Å². The van der Waals surface area contributed by atoms with E-state index in [2.05, 4.69) is 27.5 Å². The minimum absolute atomic E-state index is 0.720. The zero-order valence-electron chi connectivity index (χ0n) is 11.3. The van der Waals surface area contributed by atoms with Crippen LogP contribution in [0.5, 0.6) is 0 Å². The van der Waals surface area contributed by atoms with Crippen LogP contribution in [0.4, 0.5) is 11.6 Å². The second-order valence-electron chi connectivity index (χ2n) is 4.17. The molecule has 2 N–H and O–H groups in total. The van der Waals surface area contributed by atoms with E-state index in [4.69, 9.17) is 0 Å². The molecule has 0 saturated heterocycles. The number of nitrogens with zero attached hydrogens (tertiary/aromatic N) is 2. The molecule has 1 rings (SSSR count). The Hall–Kier alpha value is -1.17. The number of rotatable bonds is 8. The average molecular weight is 270 g/mol. The topological polar surface area (TPSA) is 66.9 Å². The van der Waals surface area contributed by atoms with Gasteiger partial charge in [-0.3, -0.25) is 4.21 Å². The maximum absolute atomic E-state index is 10.9. The predicted molar refractivity (Wildman–Crippen MR) is 77.6 cm³/mol. The van der Waals surface area contributed by atoms with Crippen LogP contribution in [0.25, 0.3) is 0 Å². The van der Waals surface area contributed by atoms with Crippen LogP contribution in [0.3, 0.4) is 0 Å². The van der Waals surface area contributed by atoms with E-state index in [0.717, 1.165) is 49.1 Å². The summed E-state index contributed by atoms with van der Waals surface area (Å²) in [6.07, 6.45) is 3.67. The first-order valence-corrected chi connectivity index (χ1v) is 7.98. The summed E-state index contributed by atoms with van der Waals surface area (Å²) < 4.78 is 10.9. The molecule has 0 bridgehead atoms. The van der Waals surface area contributed by atoms with Crippen molar-refractivity contribution in [2.24, 2.45) is 0 Å². The minimum Gasteiger partial charge on any atom is -0.370 e. The maximum atomic E-state index is 10.9. The fourth-order valence-electron chi connectivity index (χ4n) is 1.49. The minimum atomic E-state index is -0.722. The molecule has 102 valence electrons. The largest absolute Gasteiger partial charge is 0.370 e. The lowest BCUT2D eigenvalue weighted by molar-refractivity contribution is 0.685. The summed E-state index contributed by atoms with van der Waals surface area (Å²) in [6, 6.07) is 1.91. The van der Waals surface area contributed by atoms with Gasteiger partial charge in [-0.2, -0.15) is 0 Å². The van der Waals surface area contributed by atoms with Gasteiger partial charge in [0.05, 0.1) is 0 Å². The Bertz CT molecular complexity index is 398. The molecule has 0 aromatic carbocycles. The van der Waals surface area contributed by atoms with Gasteiger partial charge >= 0.3 is 0 Å². The number of aryl methyl sites for hydroxylation is 1. The number of anilines is 2. The van der Waals surface area contributed by atoms with Crippen molar-refractivity contribution in [1.29, 1.82) is 0 Å². The Morgan fingerprint density at radius 3 is 2.39 bits per heavy atom. The third-order valence-corrected chi connectivity index (χ3v) is 3.17. The molecule has 0 spiro atoms. The van der Waals surface area contributed by atoms with Crippen LogP contribution in [-0.2, 0) is 10.8 Å². The standard InChI is InChI=1S/C12H22N4OS/c1-4-6-13-11-9-12(16-10(2)15-11)14-7-5-8-18(3)17/h9H,4-8H2,1-3H3,(H2,13,14,15,16). The van der Waals surface area contributed by atoms with Crippen LogP contribution in [0, 0.1) is 6.92 Å². The summed E-state index contributed by atoms with van der Waals surface area (Å²) in [4.78, 5) is 8.64. The summed E-state index contributed by atoms with van der Waals surface area (Å²) in [7, 11) is -0.722. The van der Waals surface area contributed by atoms with Gasteiger partial charge in [0, 0.05) is 42.0 Å². The third-order valence-electron chi connectivity index (χ3n) is 2.31. The summed E-state index contributed by atoms with van der Waals surface area (Å²) in [5.74, 6) is 3.14. The van der Waals surface area contributed by atoms with Crippen molar-refractivity contribution in [2.45, 2.75) is 26.7 Å². The van der Waals surface area contributed by atoms with E-state index in [1.165, 1.54) is 0 Å². The van der Waals surface area contributed by atoms with E-state index < -0.39 is 10.8 Å². The molecule has 0 saturated carbocycles. The number of hydrogen-bond acceptors (Lipinski definition) is 5. The Balaban J connectivity index is 2.48. The molecule has 0 fully saturated rings. The summed E-state index contributed by atoms with van der Waals surface area (Å²) in [6.45, 7) is 5.68. The highest BCUT2D eigenvalue weighted by Gasteiger charge is 2.01. The highest BCUT2D eigenvalue weighted by atomic mass is 32.2. The molecule has 0 radical (unpaired) electrons. The summed E-state index contributed by atoms with van der Waals surface area (Å²) in [5.41, 5.74) is 0. The molecule has 0 amide bonds. The van der Waals surface area contributed by atoms with Gasteiger partial charge in [-0.05, 0) is 19.8 Å². The first-order chi connectivity index (χ1) is 8.61. The quantitative estimate of drug-likeness (QED) is 0.705. The molecule has 1 heterocycles. The van der Waals surface area contributed by atoms with Crippen molar-refractivity contribution in [3.63, 3.8) is 0 Å². The lowest BCUT2D eigenvalue weighted by Crippen LogP contribution is -2.10. The van der Waals surface area contributed by atoms with Crippen LogP contribution >= 0.6 is 0 Å². The van der Waals surface area contributed by atoms with Gasteiger partial charge in [-0.25, -0.2) is 9.97 Å². The summed E-state index contributed by atoms with van der Waals surface area (Å²) in [5, 5.41) is 6.48. The van der Waals surface area contributed by atoms with E-state index >= 15 is 0 Å². The number of nitrogens with one attached hydrogen (secondary N) is 2. The van der Waals surface area contributed by atoms with Crippen molar-refractivity contribution >= 4 is 22.4 Å². The number of aromatic nitrogens is 2. The van der Waals surface area contributed by atoms with E-state index in [0.29, 0.717) is 0 Å². The van der Waals surface area contributed by atoms with E-state index in [9.17, 15) is 4.21 Å². The van der Waals surface area contributed by atoms with Gasteiger partial charge in [-0.1, -0.05) is 6.92 Å². The van der Waals surface area contributed by atoms with Crippen LogP contribution in [-0.4, -0.2) is 39.3 Å². The fourth-order valence-corrected chi connectivity index (χ4v) is 2.04. The van der Waals surface area contributed by atoms with E-state index in [-0.39, 0.29) is 0 Å². The smallest absolute Gasteiger partial charge is 0.131 e. The van der Waals surface area contributed by atoms with E-state index in [1.54, 1.807) is 6.26 Å². The second kappa shape index (κ2) is 8.02. The molecule has 0 aliphatic carbocycles. The average Bonchev–Trinajstić information content (AvgIpc) is 2.31. The Labute approximate surface area is 111 Å². The molecule has 18 heavy (non-hydrogen) atoms. The van der Waals surface area contributed by atoms with Crippen LogP contribution in [0.15, 0.2) is 6.07 Å².